The predicted molar refractivity (Wildman–Crippen MR) is 79.9 cm³/mol. The summed E-state index contributed by atoms with van der Waals surface area (Å²) < 4.78 is 13.4. The summed E-state index contributed by atoms with van der Waals surface area (Å²) in [5.41, 5.74) is 9.73. The summed E-state index contributed by atoms with van der Waals surface area (Å²) in [6.45, 7) is 0. The lowest BCUT2D eigenvalue weighted by molar-refractivity contribution is 0.438. The van der Waals surface area contributed by atoms with Crippen molar-refractivity contribution in [1.29, 1.82) is 0 Å². The third-order valence-corrected chi connectivity index (χ3v) is 4.15. The number of hydrogen-bond acceptors (Lipinski definition) is 2. The van der Waals surface area contributed by atoms with Crippen molar-refractivity contribution in [3.63, 3.8) is 0 Å². The Labute approximate surface area is 118 Å². The number of anilines is 1. The molecule has 2 nitrogen and oxygen atoms in total. The predicted octanol–water partition coefficient (Wildman–Crippen LogP) is 4.52. The van der Waals surface area contributed by atoms with Gasteiger partial charge in [0, 0.05) is 17.7 Å². The van der Waals surface area contributed by atoms with Crippen LogP contribution in [-0.2, 0) is 0 Å². The Hall–Kier alpha value is -1.90. The maximum atomic E-state index is 13.4. The van der Waals surface area contributed by atoms with Crippen molar-refractivity contribution in [3.8, 4) is 11.1 Å². The third kappa shape index (κ3) is 2.53. The summed E-state index contributed by atoms with van der Waals surface area (Å²) in [7, 11) is 0. The SMILES string of the molecule is Nc1c(-c2cccc(F)c2)ccnc1C1CCCCC1. The fourth-order valence-electron chi connectivity index (χ4n) is 3.10. The Morgan fingerprint density at radius 3 is 2.65 bits per heavy atom. The number of nitrogens with two attached hydrogens (primary N) is 1. The van der Waals surface area contributed by atoms with Gasteiger partial charge in [0.2, 0.25) is 0 Å². The lowest BCUT2D eigenvalue weighted by atomic mass is 9.85. The quantitative estimate of drug-likeness (QED) is 0.871. The smallest absolute Gasteiger partial charge is 0.123 e. The van der Waals surface area contributed by atoms with Gasteiger partial charge in [-0.1, -0.05) is 31.4 Å². The molecule has 1 aromatic heterocycles. The van der Waals surface area contributed by atoms with Crippen molar-refractivity contribution in [2.45, 2.75) is 38.0 Å². The van der Waals surface area contributed by atoms with E-state index in [2.05, 4.69) is 4.98 Å². The Morgan fingerprint density at radius 2 is 1.90 bits per heavy atom. The number of nitrogen functional groups attached to an aromatic ring is 1. The zero-order chi connectivity index (χ0) is 13.9. The van der Waals surface area contributed by atoms with Crippen LogP contribution in [0.5, 0.6) is 0 Å². The van der Waals surface area contributed by atoms with Crippen molar-refractivity contribution in [1.82, 2.24) is 4.98 Å². The highest BCUT2D eigenvalue weighted by Crippen LogP contribution is 2.37. The molecule has 0 atom stereocenters. The first-order valence-corrected chi connectivity index (χ1v) is 7.26. The molecule has 1 heterocycles. The summed E-state index contributed by atoms with van der Waals surface area (Å²) >= 11 is 0. The van der Waals surface area contributed by atoms with Gasteiger partial charge in [-0.25, -0.2) is 4.39 Å². The normalized spacial score (nSPS) is 16.2. The minimum Gasteiger partial charge on any atom is -0.397 e. The first kappa shape index (κ1) is 13.1. The van der Waals surface area contributed by atoms with Crippen molar-refractivity contribution in [2.24, 2.45) is 0 Å². The molecule has 1 saturated carbocycles. The molecule has 2 N–H and O–H groups in total. The zero-order valence-electron chi connectivity index (χ0n) is 11.5. The first-order chi connectivity index (χ1) is 9.75. The lowest BCUT2D eigenvalue weighted by Gasteiger charge is -2.23. The summed E-state index contributed by atoms with van der Waals surface area (Å²) in [6, 6.07) is 8.44. The highest BCUT2D eigenvalue weighted by Gasteiger charge is 2.20. The van der Waals surface area contributed by atoms with Crippen LogP contribution in [0.2, 0.25) is 0 Å². The van der Waals surface area contributed by atoms with Gasteiger partial charge < -0.3 is 5.73 Å². The molecule has 1 aliphatic carbocycles. The lowest BCUT2D eigenvalue weighted by Crippen LogP contribution is -2.10. The van der Waals surface area contributed by atoms with Gasteiger partial charge in [0.25, 0.3) is 0 Å². The summed E-state index contributed by atoms with van der Waals surface area (Å²) in [5.74, 6) is 0.218. The van der Waals surface area contributed by atoms with Crippen molar-refractivity contribution in [3.05, 3.63) is 48.0 Å². The second kappa shape index (κ2) is 5.61. The van der Waals surface area contributed by atoms with Crippen LogP contribution in [0.4, 0.5) is 10.1 Å². The highest BCUT2D eigenvalue weighted by atomic mass is 19.1. The van der Waals surface area contributed by atoms with Crippen LogP contribution in [0.3, 0.4) is 0 Å². The molecular formula is C17H19FN2. The van der Waals surface area contributed by atoms with E-state index in [9.17, 15) is 4.39 Å². The molecule has 0 radical (unpaired) electrons. The molecule has 1 fully saturated rings. The molecule has 0 amide bonds. The molecule has 3 rings (SSSR count). The molecule has 104 valence electrons. The molecule has 0 bridgehead atoms. The number of aromatic nitrogens is 1. The van der Waals surface area contributed by atoms with E-state index in [1.165, 1.54) is 31.4 Å². The topological polar surface area (TPSA) is 38.9 Å². The fourth-order valence-corrected chi connectivity index (χ4v) is 3.10. The van der Waals surface area contributed by atoms with Gasteiger partial charge in [-0.05, 0) is 36.6 Å². The number of halogens is 1. The maximum absolute atomic E-state index is 13.4. The van der Waals surface area contributed by atoms with Crippen LogP contribution in [0, 0.1) is 5.82 Å². The van der Waals surface area contributed by atoms with E-state index in [1.807, 2.05) is 12.1 Å². The van der Waals surface area contributed by atoms with Gasteiger partial charge in [-0.15, -0.1) is 0 Å². The first-order valence-electron chi connectivity index (χ1n) is 7.26. The van der Waals surface area contributed by atoms with E-state index in [4.69, 9.17) is 5.73 Å². The maximum Gasteiger partial charge on any atom is 0.123 e. The van der Waals surface area contributed by atoms with Crippen LogP contribution in [0.25, 0.3) is 11.1 Å². The average Bonchev–Trinajstić information content (AvgIpc) is 2.48. The van der Waals surface area contributed by atoms with E-state index in [0.717, 1.165) is 29.7 Å². The third-order valence-electron chi connectivity index (χ3n) is 4.15. The Kier molecular flexibility index (Phi) is 3.68. The number of pyridine rings is 1. The van der Waals surface area contributed by atoms with E-state index < -0.39 is 0 Å². The monoisotopic (exact) mass is 270 g/mol. The van der Waals surface area contributed by atoms with E-state index in [1.54, 1.807) is 12.3 Å². The standard InChI is InChI=1S/C17H19FN2/c18-14-8-4-7-13(11-14)15-9-10-20-17(16(15)19)12-5-2-1-3-6-12/h4,7-12H,1-3,5-6,19H2. The Bertz CT molecular complexity index is 604. The van der Waals surface area contributed by atoms with Crippen molar-refractivity contribution >= 4 is 5.69 Å². The molecule has 20 heavy (non-hydrogen) atoms. The highest BCUT2D eigenvalue weighted by molar-refractivity contribution is 5.77. The molecule has 1 aromatic carbocycles. The van der Waals surface area contributed by atoms with Gasteiger partial charge in [0.05, 0.1) is 11.4 Å². The molecule has 0 spiro atoms. The van der Waals surface area contributed by atoms with Crippen LogP contribution in [-0.4, -0.2) is 4.98 Å². The largest absolute Gasteiger partial charge is 0.397 e. The van der Waals surface area contributed by atoms with E-state index in [-0.39, 0.29) is 5.82 Å². The van der Waals surface area contributed by atoms with Gasteiger partial charge in [0.1, 0.15) is 5.82 Å². The van der Waals surface area contributed by atoms with Crippen molar-refractivity contribution < 1.29 is 4.39 Å². The van der Waals surface area contributed by atoms with Crippen LogP contribution in [0.15, 0.2) is 36.5 Å². The van der Waals surface area contributed by atoms with Gasteiger partial charge in [-0.2, -0.15) is 0 Å². The molecule has 0 unspecified atom stereocenters. The minimum atomic E-state index is -0.238. The molecule has 0 aliphatic heterocycles. The molecule has 3 heteroatoms. The Balaban J connectivity index is 2.00. The summed E-state index contributed by atoms with van der Waals surface area (Å²) in [6.07, 6.45) is 7.90. The zero-order valence-corrected chi connectivity index (χ0v) is 11.5. The molecule has 2 aromatic rings. The molecule has 0 saturated heterocycles. The average molecular weight is 270 g/mol. The number of nitrogens with zero attached hydrogens (tertiary/aromatic N) is 1. The van der Waals surface area contributed by atoms with Gasteiger partial charge in [0.15, 0.2) is 0 Å². The van der Waals surface area contributed by atoms with Crippen LogP contribution < -0.4 is 5.73 Å². The minimum absolute atomic E-state index is 0.238. The van der Waals surface area contributed by atoms with Crippen LogP contribution >= 0.6 is 0 Å². The second-order valence-electron chi connectivity index (χ2n) is 5.50. The fraction of sp³-hybridized carbons (Fsp3) is 0.353. The van der Waals surface area contributed by atoms with Crippen LogP contribution in [0.1, 0.15) is 43.7 Å². The second-order valence-corrected chi connectivity index (χ2v) is 5.50. The summed E-state index contributed by atoms with van der Waals surface area (Å²) in [5, 5.41) is 0. The summed E-state index contributed by atoms with van der Waals surface area (Å²) in [4.78, 5) is 4.49. The number of rotatable bonds is 2. The number of hydrogen-bond donors (Lipinski definition) is 1. The van der Waals surface area contributed by atoms with E-state index >= 15 is 0 Å². The van der Waals surface area contributed by atoms with E-state index in [0.29, 0.717) is 11.6 Å². The molecule has 1 aliphatic rings. The molecular weight excluding hydrogens is 251 g/mol. The van der Waals surface area contributed by atoms with Gasteiger partial charge >= 0.3 is 0 Å². The Morgan fingerprint density at radius 1 is 1.10 bits per heavy atom. The van der Waals surface area contributed by atoms with Gasteiger partial charge in [-0.3, -0.25) is 4.98 Å². The number of benzene rings is 1. The van der Waals surface area contributed by atoms with Crippen molar-refractivity contribution in [2.75, 3.05) is 5.73 Å².